The molecule has 1 fully saturated rings. The Kier molecular flexibility index (Phi) is 3.81. The lowest BCUT2D eigenvalue weighted by Crippen LogP contribution is -2.29. The fourth-order valence-electron chi connectivity index (χ4n) is 3.26. The van der Waals surface area contributed by atoms with Crippen LogP contribution in [0.25, 0.3) is 10.8 Å². The van der Waals surface area contributed by atoms with Gasteiger partial charge in [-0.25, -0.2) is 0 Å². The van der Waals surface area contributed by atoms with Crippen LogP contribution in [0.4, 0.5) is 0 Å². The third-order valence-corrected chi connectivity index (χ3v) is 4.47. The van der Waals surface area contributed by atoms with Gasteiger partial charge >= 0.3 is 0 Å². The van der Waals surface area contributed by atoms with Crippen molar-refractivity contribution < 1.29 is 9.84 Å². The van der Waals surface area contributed by atoms with E-state index in [1.165, 1.54) is 19.3 Å². The summed E-state index contributed by atoms with van der Waals surface area (Å²) in [5, 5.41) is 12.3. The summed E-state index contributed by atoms with van der Waals surface area (Å²) in [6.07, 6.45) is 6.29. The SMILES string of the molecule is CCC1CCCCC1Oc1cc2ccccc2cc1O. The molecule has 0 radical (unpaired) electrons. The van der Waals surface area contributed by atoms with E-state index in [9.17, 15) is 5.11 Å². The average Bonchev–Trinajstić information content (AvgIpc) is 2.48. The van der Waals surface area contributed by atoms with Crippen molar-refractivity contribution in [2.45, 2.75) is 45.1 Å². The molecular formula is C18H22O2. The molecule has 1 aliphatic carbocycles. The molecule has 2 aromatic rings. The van der Waals surface area contributed by atoms with E-state index in [1.807, 2.05) is 24.3 Å². The molecule has 0 bridgehead atoms. The number of benzene rings is 2. The first-order valence-electron chi connectivity index (χ1n) is 7.66. The van der Waals surface area contributed by atoms with E-state index >= 15 is 0 Å². The Bertz CT molecular complexity index is 591. The summed E-state index contributed by atoms with van der Waals surface area (Å²) in [7, 11) is 0. The number of rotatable bonds is 3. The second-order valence-electron chi connectivity index (χ2n) is 5.78. The standard InChI is InChI=1S/C18H22O2/c1-2-13-7-5-6-10-17(13)20-18-12-15-9-4-3-8-14(15)11-16(18)19/h3-4,8-9,11-13,17,19H,2,5-7,10H2,1H3. The Labute approximate surface area is 120 Å². The van der Waals surface area contributed by atoms with Gasteiger partial charge in [-0.3, -0.25) is 0 Å². The summed E-state index contributed by atoms with van der Waals surface area (Å²) >= 11 is 0. The highest BCUT2D eigenvalue weighted by atomic mass is 16.5. The Hall–Kier alpha value is -1.70. The summed E-state index contributed by atoms with van der Waals surface area (Å²) in [5.41, 5.74) is 0. The van der Waals surface area contributed by atoms with Crippen LogP contribution in [0.1, 0.15) is 39.0 Å². The van der Waals surface area contributed by atoms with E-state index in [-0.39, 0.29) is 11.9 Å². The lowest BCUT2D eigenvalue weighted by atomic mass is 9.85. The molecule has 0 saturated heterocycles. The van der Waals surface area contributed by atoms with E-state index in [1.54, 1.807) is 6.07 Å². The highest BCUT2D eigenvalue weighted by Crippen LogP contribution is 2.36. The normalized spacial score (nSPS) is 22.9. The second kappa shape index (κ2) is 5.74. The molecule has 1 saturated carbocycles. The zero-order valence-corrected chi connectivity index (χ0v) is 12.0. The van der Waals surface area contributed by atoms with Crippen LogP contribution >= 0.6 is 0 Å². The van der Waals surface area contributed by atoms with Gasteiger partial charge in [0.25, 0.3) is 0 Å². The number of aromatic hydroxyl groups is 1. The number of phenolic OH excluding ortho intramolecular Hbond substituents is 1. The summed E-state index contributed by atoms with van der Waals surface area (Å²) in [6, 6.07) is 11.8. The van der Waals surface area contributed by atoms with Gasteiger partial charge in [0.2, 0.25) is 0 Å². The van der Waals surface area contributed by atoms with Crippen molar-refractivity contribution in [3.05, 3.63) is 36.4 Å². The van der Waals surface area contributed by atoms with Crippen molar-refractivity contribution in [1.29, 1.82) is 0 Å². The molecule has 0 aliphatic heterocycles. The third kappa shape index (κ3) is 2.60. The molecule has 1 N–H and O–H groups in total. The van der Waals surface area contributed by atoms with E-state index in [4.69, 9.17) is 4.74 Å². The van der Waals surface area contributed by atoms with Crippen molar-refractivity contribution >= 4 is 10.8 Å². The first kappa shape index (κ1) is 13.3. The van der Waals surface area contributed by atoms with Gasteiger partial charge in [0.05, 0.1) is 0 Å². The molecule has 0 heterocycles. The van der Waals surface area contributed by atoms with Crippen LogP contribution in [0.3, 0.4) is 0 Å². The molecule has 0 amide bonds. The van der Waals surface area contributed by atoms with E-state index in [0.29, 0.717) is 11.7 Å². The maximum Gasteiger partial charge on any atom is 0.161 e. The van der Waals surface area contributed by atoms with E-state index in [0.717, 1.165) is 23.6 Å². The Morgan fingerprint density at radius 1 is 1.10 bits per heavy atom. The Morgan fingerprint density at radius 3 is 2.55 bits per heavy atom. The molecule has 3 rings (SSSR count). The summed E-state index contributed by atoms with van der Waals surface area (Å²) in [4.78, 5) is 0. The largest absolute Gasteiger partial charge is 0.504 e. The zero-order chi connectivity index (χ0) is 13.9. The highest BCUT2D eigenvalue weighted by Gasteiger charge is 2.26. The maximum atomic E-state index is 10.2. The molecule has 2 aromatic carbocycles. The lowest BCUT2D eigenvalue weighted by molar-refractivity contribution is 0.0876. The van der Waals surface area contributed by atoms with Crippen LogP contribution in [0.5, 0.6) is 11.5 Å². The van der Waals surface area contributed by atoms with Crippen molar-refractivity contribution in [3.63, 3.8) is 0 Å². The van der Waals surface area contributed by atoms with Crippen molar-refractivity contribution in [2.24, 2.45) is 5.92 Å². The molecule has 2 unspecified atom stereocenters. The molecule has 1 aliphatic rings. The quantitative estimate of drug-likeness (QED) is 0.860. The second-order valence-corrected chi connectivity index (χ2v) is 5.78. The molecule has 2 heteroatoms. The number of fused-ring (bicyclic) bond motifs is 1. The molecule has 0 aromatic heterocycles. The van der Waals surface area contributed by atoms with Gasteiger partial charge in [-0.05, 0) is 54.5 Å². The van der Waals surface area contributed by atoms with Gasteiger partial charge in [0, 0.05) is 0 Å². The minimum absolute atomic E-state index is 0.251. The van der Waals surface area contributed by atoms with Crippen LogP contribution in [-0.4, -0.2) is 11.2 Å². The molecule has 2 nitrogen and oxygen atoms in total. The highest BCUT2D eigenvalue weighted by molar-refractivity contribution is 5.85. The van der Waals surface area contributed by atoms with Crippen LogP contribution in [0, 0.1) is 5.92 Å². The summed E-state index contributed by atoms with van der Waals surface area (Å²) in [6.45, 7) is 2.23. The predicted molar refractivity (Wildman–Crippen MR) is 82.3 cm³/mol. The Morgan fingerprint density at radius 2 is 1.80 bits per heavy atom. The van der Waals surface area contributed by atoms with Gasteiger partial charge in [-0.2, -0.15) is 0 Å². The van der Waals surface area contributed by atoms with Crippen molar-refractivity contribution in [3.8, 4) is 11.5 Å². The fraction of sp³-hybridized carbons (Fsp3) is 0.444. The molecule has 20 heavy (non-hydrogen) atoms. The van der Waals surface area contributed by atoms with Crippen LogP contribution in [0.15, 0.2) is 36.4 Å². The molecule has 106 valence electrons. The van der Waals surface area contributed by atoms with E-state index in [2.05, 4.69) is 13.0 Å². The van der Waals surface area contributed by atoms with E-state index < -0.39 is 0 Å². The van der Waals surface area contributed by atoms with Crippen LogP contribution in [0.2, 0.25) is 0 Å². The minimum Gasteiger partial charge on any atom is -0.504 e. The van der Waals surface area contributed by atoms with Crippen molar-refractivity contribution in [2.75, 3.05) is 0 Å². The molecular weight excluding hydrogens is 248 g/mol. The third-order valence-electron chi connectivity index (χ3n) is 4.47. The number of phenols is 1. The average molecular weight is 270 g/mol. The fourth-order valence-corrected chi connectivity index (χ4v) is 3.26. The number of hydrogen-bond donors (Lipinski definition) is 1. The lowest BCUT2D eigenvalue weighted by Gasteiger charge is -2.31. The van der Waals surface area contributed by atoms with Gasteiger partial charge in [0.1, 0.15) is 6.10 Å². The molecule has 0 spiro atoms. The van der Waals surface area contributed by atoms with Crippen LogP contribution in [-0.2, 0) is 0 Å². The van der Waals surface area contributed by atoms with Crippen LogP contribution < -0.4 is 4.74 Å². The number of hydrogen-bond acceptors (Lipinski definition) is 2. The first-order valence-corrected chi connectivity index (χ1v) is 7.66. The summed E-state index contributed by atoms with van der Waals surface area (Å²) < 4.78 is 6.15. The summed E-state index contributed by atoms with van der Waals surface area (Å²) in [5.74, 6) is 1.51. The number of ether oxygens (including phenoxy) is 1. The smallest absolute Gasteiger partial charge is 0.161 e. The van der Waals surface area contributed by atoms with Crippen molar-refractivity contribution in [1.82, 2.24) is 0 Å². The predicted octanol–water partition coefficient (Wildman–Crippen LogP) is 4.89. The van der Waals surface area contributed by atoms with Gasteiger partial charge < -0.3 is 9.84 Å². The zero-order valence-electron chi connectivity index (χ0n) is 12.0. The monoisotopic (exact) mass is 270 g/mol. The Balaban J connectivity index is 1.87. The van der Waals surface area contributed by atoms with Gasteiger partial charge in [-0.15, -0.1) is 0 Å². The molecule has 2 atom stereocenters. The first-order chi connectivity index (χ1) is 9.78. The minimum atomic E-state index is 0.251. The van der Waals surface area contributed by atoms with Gasteiger partial charge in [-0.1, -0.05) is 37.6 Å². The van der Waals surface area contributed by atoms with Gasteiger partial charge in [0.15, 0.2) is 11.5 Å². The topological polar surface area (TPSA) is 29.5 Å². The maximum absolute atomic E-state index is 10.2.